The fraction of sp³-hybridized carbons (Fsp3) is 0.500. The van der Waals surface area contributed by atoms with Gasteiger partial charge < -0.3 is 15.2 Å². The van der Waals surface area contributed by atoms with E-state index in [1.165, 1.54) is 0 Å². The summed E-state index contributed by atoms with van der Waals surface area (Å²) in [7, 11) is 0. The van der Waals surface area contributed by atoms with Crippen molar-refractivity contribution in [2.24, 2.45) is 0 Å². The largest absolute Gasteiger partial charge is 0.459 e. The lowest BCUT2D eigenvalue weighted by Crippen LogP contribution is -2.28. The molecule has 1 aliphatic heterocycles. The number of benzene rings is 1. The first-order valence-electron chi connectivity index (χ1n) is 6.11. The van der Waals surface area contributed by atoms with Crippen LogP contribution in [0.15, 0.2) is 18.2 Å². The van der Waals surface area contributed by atoms with Gasteiger partial charge in [-0.05, 0) is 38.0 Å². The van der Waals surface area contributed by atoms with Crippen molar-refractivity contribution in [2.45, 2.75) is 38.9 Å². The zero-order chi connectivity index (χ0) is 13.3. The zero-order valence-electron chi connectivity index (χ0n) is 11.0. The first-order chi connectivity index (χ1) is 8.40. The fourth-order valence-electron chi connectivity index (χ4n) is 2.07. The number of anilines is 1. The number of ether oxygens (including phenoxy) is 1. The van der Waals surface area contributed by atoms with Crippen LogP contribution in [0.2, 0.25) is 0 Å². The summed E-state index contributed by atoms with van der Waals surface area (Å²) in [5.41, 5.74) is 2.19. The standard InChI is InChI=1S/C14H19NO3/c1-14(2,3)18-13(17)11-7-15-12-5-4-9(8-16)6-10(11)12/h4-6,11,15-16H,7-8H2,1-3H3. The maximum Gasteiger partial charge on any atom is 0.315 e. The molecule has 1 unspecified atom stereocenters. The molecule has 1 aromatic carbocycles. The molecule has 0 saturated heterocycles. The van der Waals surface area contributed by atoms with Crippen LogP contribution >= 0.6 is 0 Å². The molecule has 1 aliphatic rings. The average molecular weight is 249 g/mol. The number of rotatable bonds is 2. The lowest BCUT2D eigenvalue weighted by atomic mass is 9.99. The smallest absolute Gasteiger partial charge is 0.315 e. The highest BCUT2D eigenvalue weighted by Gasteiger charge is 2.32. The van der Waals surface area contributed by atoms with E-state index in [0.717, 1.165) is 16.8 Å². The predicted octanol–water partition coefficient (Wildman–Crippen LogP) is 2.03. The summed E-state index contributed by atoms with van der Waals surface area (Å²) in [4.78, 5) is 12.1. The van der Waals surface area contributed by atoms with E-state index in [0.29, 0.717) is 6.54 Å². The van der Waals surface area contributed by atoms with Gasteiger partial charge in [0.25, 0.3) is 0 Å². The first kappa shape index (κ1) is 12.9. The Labute approximate surface area is 107 Å². The van der Waals surface area contributed by atoms with E-state index in [1.807, 2.05) is 39.0 Å². The molecule has 18 heavy (non-hydrogen) atoms. The molecule has 1 heterocycles. The Hall–Kier alpha value is -1.55. The number of esters is 1. The Morgan fingerprint density at radius 2 is 2.22 bits per heavy atom. The fourth-order valence-corrected chi connectivity index (χ4v) is 2.07. The Morgan fingerprint density at radius 3 is 2.83 bits per heavy atom. The molecule has 0 radical (unpaired) electrons. The van der Waals surface area contributed by atoms with Crippen molar-refractivity contribution < 1.29 is 14.6 Å². The molecule has 0 bridgehead atoms. The van der Waals surface area contributed by atoms with Gasteiger partial charge in [-0.1, -0.05) is 12.1 Å². The van der Waals surface area contributed by atoms with Gasteiger partial charge in [0, 0.05) is 12.2 Å². The topological polar surface area (TPSA) is 58.6 Å². The lowest BCUT2D eigenvalue weighted by Gasteiger charge is -2.22. The normalized spacial score (nSPS) is 18.1. The molecule has 4 nitrogen and oxygen atoms in total. The van der Waals surface area contributed by atoms with Crippen LogP contribution in [0.1, 0.15) is 37.8 Å². The van der Waals surface area contributed by atoms with Crippen molar-refractivity contribution >= 4 is 11.7 Å². The van der Waals surface area contributed by atoms with E-state index >= 15 is 0 Å². The van der Waals surface area contributed by atoms with Gasteiger partial charge in [-0.2, -0.15) is 0 Å². The van der Waals surface area contributed by atoms with E-state index < -0.39 is 5.60 Å². The molecule has 4 heteroatoms. The molecule has 1 aromatic rings. The van der Waals surface area contributed by atoms with Crippen LogP contribution in [0.4, 0.5) is 5.69 Å². The second-order valence-corrected chi connectivity index (χ2v) is 5.55. The summed E-state index contributed by atoms with van der Waals surface area (Å²) in [6.45, 7) is 6.11. The minimum Gasteiger partial charge on any atom is -0.459 e. The molecule has 0 spiro atoms. The van der Waals surface area contributed by atoms with Crippen molar-refractivity contribution in [3.05, 3.63) is 29.3 Å². The van der Waals surface area contributed by atoms with Gasteiger partial charge in [0.05, 0.1) is 6.61 Å². The van der Waals surface area contributed by atoms with Gasteiger partial charge in [-0.15, -0.1) is 0 Å². The third-order valence-electron chi connectivity index (χ3n) is 2.86. The molecule has 0 saturated carbocycles. The Morgan fingerprint density at radius 1 is 1.50 bits per heavy atom. The monoisotopic (exact) mass is 249 g/mol. The minimum absolute atomic E-state index is 0.0195. The van der Waals surface area contributed by atoms with Gasteiger partial charge >= 0.3 is 5.97 Å². The summed E-state index contributed by atoms with van der Waals surface area (Å²) in [6, 6.07) is 5.61. The van der Waals surface area contributed by atoms with E-state index in [-0.39, 0.29) is 18.5 Å². The van der Waals surface area contributed by atoms with Gasteiger partial charge in [0.15, 0.2) is 0 Å². The SMILES string of the molecule is CC(C)(C)OC(=O)C1CNc2ccc(CO)cc21. The average Bonchev–Trinajstić information content (AvgIpc) is 2.69. The van der Waals surface area contributed by atoms with E-state index in [9.17, 15) is 4.79 Å². The molecule has 0 aliphatic carbocycles. The number of carbonyl (C=O) groups is 1. The van der Waals surface area contributed by atoms with Crippen molar-refractivity contribution in [2.75, 3.05) is 11.9 Å². The molecular weight excluding hydrogens is 230 g/mol. The van der Waals surface area contributed by atoms with Crippen LogP contribution in [-0.2, 0) is 16.1 Å². The number of fused-ring (bicyclic) bond motifs is 1. The number of aliphatic hydroxyl groups excluding tert-OH is 1. The van der Waals surface area contributed by atoms with Crippen LogP contribution in [0.3, 0.4) is 0 Å². The summed E-state index contributed by atoms with van der Waals surface area (Å²) < 4.78 is 5.41. The van der Waals surface area contributed by atoms with Crippen LogP contribution in [-0.4, -0.2) is 23.2 Å². The van der Waals surface area contributed by atoms with Crippen LogP contribution in [0, 0.1) is 0 Å². The van der Waals surface area contributed by atoms with Gasteiger partial charge in [-0.3, -0.25) is 4.79 Å². The van der Waals surface area contributed by atoms with E-state index in [4.69, 9.17) is 9.84 Å². The molecule has 2 rings (SSSR count). The third kappa shape index (κ3) is 2.64. The van der Waals surface area contributed by atoms with Crippen LogP contribution in [0.25, 0.3) is 0 Å². The van der Waals surface area contributed by atoms with Gasteiger partial charge in [0.1, 0.15) is 11.5 Å². The Balaban J connectivity index is 2.22. The van der Waals surface area contributed by atoms with Crippen LogP contribution in [0.5, 0.6) is 0 Å². The second-order valence-electron chi connectivity index (χ2n) is 5.55. The number of aliphatic hydroxyl groups is 1. The molecule has 0 fully saturated rings. The van der Waals surface area contributed by atoms with Crippen molar-refractivity contribution in [1.29, 1.82) is 0 Å². The summed E-state index contributed by atoms with van der Waals surface area (Å²) in [5, 5.41) is 12.3. The van der Waals surface area contributed by atoms with Crippen LogP contribution < -0.4 is 5.32 Å². The maximum atomic E-state index is 12.1. The van der Waals surface area contributed by atoms with Crippen molar-refractivity contribution in [3.63, 3.8) is 0 Å². The van der Waals surface area contributed by atoms with E-state index in [2.05, 4.69) is 5.32 Å². The number of nitrogens with one attached hydrogen (secondary N) is 1. The van der Waals surface area contributed by atoms with Gasteiger partial charge in [-0.25, -0.2) is 0 Å². The van der Waals surface area contributed by atoms with E-state index in [1.54, 1.807) is 0 Å². The number of hydrogen-bond acceptors (Lipinski definition) is 4. The zero-order valence-corrected chi connectivity index (χ0v) is 11.0. The minimum atomic E-state index is -0.478. The number of hydrogen-bond donors (Lipinski definition) is 2. The summed E-state index contributed by atoms with van der Waals surface area (Å²) >= 11 is 0. The number of carbonyl (C=O) groups excluding carboxylic acids is 1. The highest BCUT2D eigenvalue weighted by atomic mass is 16.6. The first-order valence-corrected chi connectivity index (χ1v) is 6.11. The molecule has 0 amide bonds. The Bertz CT molecular complexity index is 463. The lowest BCUT2D eigenvalue weighted by molar-refractivity contribution is -0.156. The molecule has 98 valence electrons. The molecule has 2 N–H and O–H groups in total. The summed E-state index contributed by atoms with van der Waals surface area (Å²) in [5.74, 6) is -0.505. The Kier molecular flexibility index (Phi) is 3.30. The highest BCUT2D eigenvalue weighted by molar-refractivity contribution is 5.84. The molecule has 0 aromatic heterocycles. The molecule has 1 atom stereocenters. The van der Waals surface area contributed by atoms with Crippen molar-refractivity contribution in [1.82, 2.24) is 0 Å². The quantitative estimate of drug-likeness (QED) is 0.787. The second kappa shape index (κ2) is 4.61. The van der Waals surface area contributed by atoms with Crippen molar-refractivity contribution in [3.8, 4) is 0 Å². The molecular formula is C14H19NO3. The highest BCUT2D eigenvalue weighted by Crippen LogP contribution is 2.33. The summed E-state index contributed by atoms with van der Waals surface area (Å²) in [6.07, 6.45) is 0. The van der Waals surface area contributed by atoms with Gasteiger partial charge in [0.2, 0.25) is 0 Å². The predicted molar refractivity (Wildman–Crippen MR) is 69.4 cm³/mol. The maximum absolute atomic E-state index is 12.1. The third-order valence-corrected chi connectivity index (χ3v) is 2.86.